The summed E-state index contributed by atoms with van der Waals surface area (Å²) in [6.07, 6.45) is -3.71. The zero-order chi connectivity index (χ0) is 22.0. The fourth-order valence-electron chi connectivity index (χ4n) is 3.33. The molecule has 0 saturated carbocycles. The summed E-state index contributed by atoms with van der Waals surface area (Å²) in [5.41, 5.74) is 0.741. The SMILES string of the molecule is O=C(NCc1nnc2c(Cl)cc(C(F)(F)F)cn12)C(c1ccccc1)c1ccccc1. The molecule has 5 nitrogen and oxygen atoms in total. The first-order chi connectivity index (χ1) is 14.8. The number of carbonyl (C=O) groups is 1. The molecule has 0 spiro atoms. The Morgan fingerprint density at radius 1 is 1.00 bits per heavy atom. The van der Waals surface area contributed by atoms with Crippen LogP contribution in [0.25, 0.3) is 5.65 Å². The Hall–Kier alpha value is -3.39. The van der Waals surface area contributed by atoms with Gasteiger partial charge in [0.2, 0.25) is 5.91 Å². The molecular weight excluding hydrogens is 429 g/mol. The van der Waals surface area contributed by atoms with Gasteiger partial charge in [-0.15, -0.1) is 10.2 Å². The maximum absolute atomic E-state index is 13.1. The predicted molar refractivity (Wildman–Crippen MR) is 110 cm³/mol. The van der Waals surface area contributed by atoms with E-state index in [9.17, 15) is 18.0 Å². The topological polar surface area (TPSA) is 59.3 Å². The number of halogens is 4. The summed E-state index contributed by atoms with van der Waals surface area (Å²) in [6, 6.07) is 19.2. The summed E-state index contributed by atoms with van der Waals surface area (Å²) in [7, 11) is 0. The van der Waals surface area contributed by atoms with E-state index in [1.807, 2.05) is 60.7 Å². The van der Waals surface area contributed by atoms with E-state index < -0.39 is 17.7 Å². The van der Waals surface area contributed by atoms with Crippen molar-refractivity contribution in [3.05, 3.63) is 100 Å². The van der Waals surface area contributed by atoms with Crippen molar-refractivity contribution in [3.63, 3.8) is 0 Å². The highest BCUT2D eigenvalue weighted by Gasteiger charge is 2.32. The minimum Gasteiger partial charge on any atom is -0.348 e. The number of hydrogen-bond acceptors (Lipinski definition) is 3. The summed E-state index contributed by atoms with van der Waals surface area (Å²) in [4.78, 5) is 13.1. The molecule has 2 aromatic heterocycles. The van der Waals surface area contributed by atoms with E-state index >= 15 is 0 Å². The van der Waals surface area contributed by atoms with Crippen molar-refractivity contribution in [2.24, 2.45) is 0 Å². The van der Waals surface area contributed by atoms with Crippen molar-refractivity contribution in [2.75, 3.05) is 0 Å². The van der Waals surface area contributed by atoms with Crippen LogP contribution >= 0.6 is 11.6 Å². The minimum atomic E-state index is -4.58. The number of nitrogens with zero attached hydrogens (tertiary/aromatic N) is 3. The molecule has 9 heteroatoms. The van der Waals surface area contributed by atoms with Gasteiger partial charge in [-0.05, 0) is 17.2 Å². The van der Waals surface area contributed by atoms with Crippen LogP contribution in [0.15, 0.2) is 72.9 Å². The Bertz CT molecular complexity index is 1170. The van der Waals surface area contributed by atoms with Crippen molar-refractivity contribution < 1.29 is 18.0 Å². The van der Waals surface area contributed by atoms with E-state index in [2.05, 4.69) is 15.5 Å². The zero-order valence-corrected chi connectivity index (χ0v) is 16.7. The van der Waals surface area contributed by atoms with Gasteiger partial charge in [0, 0.05) is 6.20 Å². The molecule has 2 aromatic carbocycles. The molecule has 0 radical (unpaired) electrons. The van der Waals surface area contributed by atoms with Crippen LogP contribution < -0.4 is 5.32 Å². The third kappa shape index (κ3) is 4.39. The van der Waals surface area contributed by atoms with Crippen LogP contribution in [0.2, 0.25) is 5.02 Å². The smallest absolute Gasteiger partial charge is 0.348 e. The van der Waals surface area contributed by atoms with Crippen LogP contribution in [0.1, 0.15) is 28.4 Å². The van der Waals surface area contributed by atoms with Crippen LogP contribution in [-0.2, 0) is 17.5 Å². The maximum Gasteiger partial charge on any atom is 0.417 e. The highest BCUT2D eigenvalue weighted by atomic mass is 35.5. The molecule has 0 saturated heterocycles. The van der Waals surface area contributed by atoms with E-state index in [-0.39, 0.29) is 28.9 Å². The molecule has 1 amide bonds. The van der Waals surface area contributed by atoms with Gasteiger partial charge in [-0.25, -0.2) is 0 Å². The van der Waals surface area contributed by atoms with Gasteiger partial charge < -0.3 is 5.32 Å². The first-order valence-corrected chi connectivity index (χ1v) is 9.70. The number of amides is 1. The maximum atomic E-state index is 13.1. The van der Waals surface area contributed by atoms with E-state index in [0.717, 1.165) is 27.8 Å². The largest absolute Gasteiger partial charge is 0.417 e. The number of alkyl halides is 3. The van der Waals surface area contributed by atoms with Gasteiger partial charge in [0.05, 0.1) is 23.0 Å². The van der Waals surface area contributed by atoms with Crippen LogP contribution in [0.3, 0.4) is 0 Å². The number of rotatable bonds is 5. The lowest BCUT2D eigenvalue weighted by molar-refractivity contribution is -0.137. The van der Waals surface area contributed by atoms with Crippen molar-refractivity contribution in [1.82, 2.24) is 19.9 Å². The molecule has 4 rings (SSSR count). The van der Waals surface area contributed by atoms with E-state index in [0.29, 0.717) is 0 Å². The molecule has 2 heterocycles. The molecule has 0 fully saturated rings. The fraction of sp³-hybridized carbons (Fsp3) is 0.136. The number of aromatic nitrogens is 3. The van der Waals surface area contributed by atoms with Gasteiger partial charge in [0.1, 0.15) is 0 Å². The average Bonchev–Trinajstić information content (AvgIpc) is 3.17. The molecule has 0 unspecified atom stereocenters. The van der Waals surface area contributed by atoms with Gasteiger partial charge in [-0.3, -0.25) is 9.20 Å². The van der Waals surface area contributed by atoms with Crippen LogP contribution in [0, 0.1) is 0 Å². The molecule has 0 bridgehead atoms. The molecular formula is C22H16ClF3N4O. The van der Waals surface area contributed by atoms with Crippen molar-refractivity contribution in [1.29, 1.82) is 0 Å². The number of benzene rings is 2. The van der Waals surface area contributed by atoms with Crippen LogP contribution in [0.5, 0.6) is 0 Å². The lowest BCUT2D eigenvalue weighted by atomic mass is 9.90. The summed E-state index contributed by atoms with van der Waals surface area (Å²) in [6.45, 7) is -0.117. The summed E-state index contributed by atoms with van der Waals surface area (Å²) in [5.74, 6) is -0.764. The molecule has 1 N–H and O–H groups in total. The van der Waals surface area contributed by atoms with Gasteiger partial charge >= 0.3 is 6.18 Å². The van der Waals surface area contributed by atoms with Gasteiger partial charge in [0.15, 0.2) is 11.5 Å². The third-order valence-corrected chi connectivity index (χ3v) is 5.08. The van der Waals surface area contributed by atoms with Crippen LogP contribution in [0.4, 0.5) is 13.2 Å². The Balaban J connectivity index is 1.62. The average molecular weight is 445 g/mol. The van der Waals surface area contributed by atoms with E-state index in [1.165, 1.54) is 0 Å². The first kappa shape index (κ1) is 20.9. The first-order valence-electron chi connectivity index (χ1n) is 9.32. The number of hydrogen-bond donors (Lipinski definition) is 1. The number of pyridine rings is 1. The van der Waals surface area contributed by atoms with E-state index in [1.54, 1.807) is 0 Å². The van der Waals surface area contributed by atoms with Gasteiger partial charge in [0.25, 0.3) is 0 Å². The monoisotopic (exact) mass is 444 g/mol. The molecule has 4 aromatic rings. The lowest BCUT2D eigenvalue weighted by Crippen LogP contribution is -2.30. The molecule has 31 heavy (non-hydrogen) atoms. The standard InChI is InChI=1S/C22H16ClF3N4O/c23-17-11-16(22(24,25)26)13-30-18(28-29-20(17)30)12-27-21(31)19(14-7-3-1-4-8-14)15-9-5-2-6-10-15/h1-11,13,19H,12H2,(H,27,31). The summed E-state index contributed by atoms with van der Waals surface area (Å²) < 4.78 is 40.6. The van der Waals surface area contributed by atoms with Crippen molar-refractivity contribution >= 4 is 23.2 Å². The molecule has 158 valence electrons. The second-order valence-corrected chi connectivity index (χ2v) is 7.26. The Morgan fingerprint density at radius 2 is 1.58 bits per heavy atom. The minimum absolute atomic E-state index is 0.0848. The third-order valence-electron chi connectivity index (χ3n) is 4.81. The number of carbonyl (C=O) groups excluding carboxylic acids is 1. The second kappa shape index (κ2) is 8.39. The molecule has 0 atom stereocenters. The van der Waals surface area contributed by atoms with E-state index in [4.69, 9.17) is 11.6 Å². The summed E-state index contributed by atoms with van der Waals surface area (Å²) in [5, 5.41) is 10.3. The lowest BCUT2D eigenvalue weighted by Gasteiger charge is -2.17. The van der Waals surface area contributed by atoms with Crippen LogP contribution in [-0.4, -0.2) is 20.5 Å². The molecule has 0 aliphatic carbocycles. The zero-order valence-electron chi connectivity index (χ0n) is 16.0. The summed E-state index contributed by atoms with van der Waals surface area (Å²) >= 11 is 5.94. The molecule has 0 aliphatic rings. The van der Waals surface area contributed by atoms with Gasteiger partial charge in [-0.2, -0.15) is 13.2 Å². The molecule has 0 aliphatic heterocycles. The van der Waals surface area contributed by atoms with Crippen molar-refractivity contribution in [3.8, 4) is 0 Å². The second-order valence-electron chi connectivity index (χ2n) is 6.86. The highest BCUT2D eigenvalue weighted by molar-refractivity contribution is 6.33. The quantitative estimate of drug-likeness (QED) is 0.478. The fourth-order valence-corrected chi connectivity index (χ4v) is 3.58. The Labute approximate surface area is 180 Å². The number of fused-ring (bicyclic) bond motifs is 1. The van der Waals surface area contributed by atoms with Crippen molar-refractivity contribution in [2.45, 2.75) is 18.6 Å². The Morgan fingerprint density at radius 3 is 2.13 bits per heavy atom. The normalized spacial score (nSPS) is 11.8. The Kier molecular flexibility index (Phi) is 5.65. The highest BCUT2D eigenvalue weighted by Crippen LogP contribution is 2.32. The predicted octanol–water partition coefficient (Wildman–Crippen LogP) is 4.85. The van der Waals surface area contributed by atoms with Gasteiger partial charge in [-0.1, -0.05) is 72.3 Å². The number of nitrogens with one attached hydrogen (secondary N) is 1.